The molecule has 0 spiro atoms. The van der Waals surface area contributed by atoms with Crippen LogP contribution in [0.3, 0.4) is 0 Å². The van der Waals surface area contributed by atoms with E-state index in [9.17, 15) is 18.3 Å². The van der Waals surface area contributed by atoms with E-state index in [2.05, 4.69) is 10.7 Å². The molecule has 2 atom stereocenters. The summed E-state index contributed by atoms with van der Waals surface area (Å²) in [6.07, 6.45) is -5.70. The van der Waals surface area contributed by atoms with Crippen LogP contribution in [0, 0.1) is 11.3 Å². The standard InChI is InChI=1S/C24H23F3N4O/c1-23(24(25,26)27,31(29-2)21-13-6-8-17(14-21)16-28)30-20-12-7-11-19(15-20)22(32)18-9-4-3-5-10-18/h3-15,22,29-30,32H,1-2H3. The number of alkyl halides is 3. The Morgan fingerprint density at radius 1 is 0.938 bits per heavy atom. The Labute approximate surface area is 184 Å². The van der Waals surface area contributed by atoms with Crippen LogP contribution in [0.2, 0.25) is 0 Å². The minimum Gasteiger partial charge on any atom is -0.384 e. The smallest absolute Gasteiger partial charge is 0.384 e. The largest absolute Gasteiger partial charge is 0.431 e. The van der Waals surface area contributed by atoms with Crippen LogP contribution >= 0.6 is 0 Å². The molecule has 0 saturated carbocycles. The van der Waals surface area contributed by atoms with Crippen LogP contribution in [0.25, 0.3) is 0 Å². The fourth-order valence-electron chi connectivity index (χ4n) is 3.47. The molecule has 3 aromatic rings. The average molecular weight is 440 g/mol. The zero-order chi connectivity index (χ0) is 23.4. The quantitative estimate of drug-likeness (QED) is 0.357. The fourth-order valence-corrected chi connectivity index (χ4v) is 3.47. The predicted octanol–water partition coefficient (Wildman–Crippen LogP) is 4.97. The molecule has 2 unspecified atom stereocenters. The molecule has 0 amide bonds. The molecule has 166 valence electrons. The first-order valence-corrected chi connectivity index (χ1v) is 9.85. The van der Waals surface area contributed by atoms with Crippen LogP contribution in [-0.2, 0) is 0 Å². The Kier molecular flexibility index (Phi) is 6.72. The third-order valence-corrected chi connectivity index (χ3v) is 5.16. The molecule has 32 heavy (non-hydrogen) atoms. The van der Waals surface area contributed by atoms with Gasteiger partial charge in [0.1, 0.15) is 6.10 Å². The van der Waals surface area contributed by atoms with Crippen molar-refractivity contribution < 1.29 is 18.3 Å². The lowest BCUT2D eigenvalue weighted by Crippen LogP contribution is -2.66. The SMILES string of the molecule is CNN(c1cccc(C#N)c1)C(C)(Nc1cccc(C(O)c2ccccc2)c1)C(F)(F)F. The van der Waals surface area contributed by atoms with Gasteiger partial charge in [-0.05, 0) is 48.4 Å². The van der Waals surface area contributed by atoms with Crippen molar-refractivity contribution in [2.45, 2.75) is 24.9 Å². The Balaban J connectivity index is 1.99. The lowest BCUT2D eigenvalue weighted by molar-refractivity contribution is -0.175. The lowest BCUT2D eigenvalue weighted by Gasteiger charge is -2.44. The molecule has 0 bridgehead atoms. The highest BCUT2D eigenvalue weighted by Gasteiger charge is 2.56. The average Bonchev–Trinajstić information content (AvgIpc) is 2.79. The topological polar surface area (TPSA) is 71.3 Å². The van der Waals surface area contributed by atoms with Crippen molar-refractivity contribution in [2.75, 3.05) is 17.4 Å². The van der Waals surface area contributed by atoms with Crippen LogP contribution in [0.4, 0.5) is 24.5 Å². The van der Waals surface area contributed by atoms with E-state index in [0.29, 0.717) is 11.1 Å². The number of hydrazine groups is 1. The van der Waals surface area contributed by atoms with Gasteiger partial charge >= 0.3 is 6.18 Å². The minimum atomic E-state index is -4.72. The molecule has 0 aliphatic carbocycles. The molecular formula is C24H23F3N4O. The number of anilines is 2. The Morgan fingerprint density at radius 3 is 2.22 bits per heavy atom. The van der Waals surface area contributed by atoms with Crippen molar-refractivity contribution in [3.8, 4) is 6.07 Å². The normalized spacial score (nSPS) is 14.2. The fraction of sp³-hybridized carbons (Fsp3) is 0.208. The summed E-state index contributed by atoms with van der Waals surface area (Å²) in [7, 11) is 1.38. The summed E-state index contributed by atoms with van der Waals surface area (Å²) in [5, 5.41) is 23.3. The summed E-state index contributed by atoms with van der Waals surface area (Å²) >= 11 is 0. The molecule has 3 aromatic carbocycles. The highest BCUT2D eigenvalue weighted by atomic mass is 19.4. The second-order valence-corrected chi connectivity index (χ2v) is 7.35. The van der Waals surface area contributed by atoms with Gasteiger partial charge < -0.3 is 10.4 Å². The van der Waals surface area contributed by atoms with E-state index in [-0.39, 0.29) is 16.9 Å². The predicted molar refractivity (Wildman–Crippen MR) is 118 cm³/mol. The number of nitrogens with zero attached hydrogens (tertiary/aromatic N) is 2. The van der Waals surface area contributed by atoms with Crippen molar-refractivity contribution >= 4 is 11.4 Å². The number of nitrogens with one attached hydrogen (secondary N) is 2. The summed E-state index contributed by atoms with van der Waals surface area (Å²) in [4.78, 5) is 0. The maximum Gasteiger partial charge on any atom is 0.431 e. The van der Waals surface area contributed by atoms with E-state index in [1.54, 1.807) is 36.4 Å². The van der Waals surface area contributed by atoms with Gasteiger partial charge in [0.05, 0.1) is 17.3 Å². The first-order chi connectivity index (χ1) is 15.2. The number of hydrogen-bond acceptors (Lipinski definition) is 5. The summed E-state index contributed by atoms with van der Waals surface area (Å²) in [6.45, 7) is 1.00. The number of benzene rings is 3. The number of aliphatic hydroxyl groups is 1. The van der Waals surface area contributed by atoms with Gasteiger partial charge in [0.25, 0.3) is 0 Å². The molecule has 0 aliphatic heterocycles. The van der Waals surface area contributed by atoms with E-state index in [1.165, 1.54) is 43.4 Å². The molecule has 0 aliphatic rings. The van der Waals surface area contributed by atoms with Gasteiger partial charge in [-0.3, -0.25) is 5.01 Å². The van der Waals surface area contributed by atoms with Crippen LogP contribution in [0.15, 0.2) is 78.9 Å². The molecule has 3 N–H and O–H groups in total. The van der Waals surface area contributed by atoms with Crippen LogP contribution in [-0.4, -0.2) is 24.0 Å². The van der Waals surface area contributed by atoms with E-state index >= 15 is 0 Å². The van der Waals surface area contributed by atoms with Gasteiger partial charge in [-0.1, -0.05) is 48.5 Å². The second kappa shape index (κ2) is 9.30. The van der Waals surface area contributed by atoms with Gasteiger partial charge in [-0.15, -0.1) is 0 Å². The highest BCUT2D eigenvalue weighted by Crippen LogP contribution is 2.38. The highest BCUT2D eigenvalue weighted by molar-refractivity contribution is 5.57. The molecular weight excluding hydrogens is 417 g/mol. The summed E-state index contributed by atoms with van der Waals surface area (Å²) in [5.74, 6) is 0. The summed E-state index contributed by atoms with van der Waals surface area (Å²) in [5.41, 5.74) is 1.68. The second-order valence-electron chi connectivity index (χ2n) is 7.35. The number of nitriles is 1. The van der Waals surface area contributed by atoms with Gasteiger partial charge in [0, 0.05) is 12.7 Å². The van der Waals surface area contributed by atoms with Crippen molar-refractivity contribution in [1.82, 2.24) is 5.43 Å². The molecule has 8 heteroatoms. The summed E-state index contributed by atoms with van der Waals surface area (Å²) in [6, 6.07) is 22.9. The van der Waals surface area contributed by atoms with Crippen LogP contribution < -0.4 is 15.8 Å². The lowest BCUT2D eigenvalue weighted by atomic mass is 10.0. The number of rotatable bonds is 7. The van der Waals surface area contributed by atoms with Gasteiger partial charge in [0.15, 0.2) is 0 Å². The van der Waals surface area contributed by atoms with E-state index in [4.69, 9.17) is 5.26 Å². The number of aliphatic hydroxyl groups excluding tert-OH is 1. The van der Waals surface area contributed by atoms with Gasteiger partial charge in [-0.2, -0.15) is 18.4 Å². The van der Waals surface area contributed by atoms with E-state index in [1.807, 2.05) is 12.1 Å². The molecule has 0 radical (unpaired) electrons. The summed E-state index contributed by atoms with van der Waals surface area (Å²) < 4.78 is 43.1. The van der Waals surface area contributed by atoms with Gasteiger partial charge in [0.2, 0.25) is 5.66 Å². The van der Waals surface area contributed by atoms with Crippen molar-refractivity contribution in [3.63, 3.8) is 0 Å². The molecule has 0 heterocycles. The zero-order valence-electron chi connectivity index (χ0n) is 17.6. The molecule has 0 aromatic heterocycles. The molecule has 0 saturated heterocycles. The van der Waals surface area contributed by atoms with Crippen molar-refractivity contribution in [3.05, 3.63) is 95.6 Å². The van der Waals surface area contributed by atoms with Gasteiger partial charge in [-0.25, -0.2) is 5.43 Å². The molecule has 0 fully saturated rings. The monoisotopic (exact) mass is 440 g/mol. The first kappa shape index (κ1) is 23.1. The molecule has 5 nitrogen and oxygen atoms in total. The van der Waals surface area contributed by atoms with Crippen molar-refractivity contribution in [1.29, 1.82) is 5.26 Å². The Bertz CT molecular complexity index is 1100. The number of halogens is 3. The minimum absolute atomic E-state index is 0.166. The zero-order valence-corrected chi connectivity index (χ0v) is 17.6. The maximum atomic E-state index is 14.4. The first-order valence-electron chi connectivity index (χ1n) is 9.85. The Morgan fingerprint density at radius 2 is 1.59 bits per heavy atom. The third-order valence-electron chi connectivity index (χ3n) is 5.16. The molecule has 3 rings (SSSR count). The number of hydrogen-bond donors (Lipinski definition) is 3. The van der Waals surface area contributed by atoms with E-state index in [0.717, 1.165) is 11.9 Å². The van der Waals surface area contributed by atoms with E-state index < -0.39 is 17.9 Å². The van der Waals surface area contributed by atoms with Crippen molar-refractivity contribution in [2.24, 2.45) is 0 Å². The third kappa shape index (κ3) is 4.69. The Hall–Kier alpha value is -3.54. The van der Waals surface area contributed by atoms with Crippen LogP contribution in [0.1, 0.15) is 29.7 Å². The maximum absolute atomic E-state index is 14.4. The van der Waals surface area contributed by atoms with Crippen LogP contribution in [0.5, 0.6) is 0 Å².